The van der Waals surface area contributed by atoms with E-state index in [0.717, 1.165) is 23.2 Å². The Morgan fingerprint density at radius 1 is 1.29 bits per heavy atom. The molecule has 0 spiro atoms. The Kier molecular flexibility index (Phi) is 2.65. The SMILES string of the molecule is CNC(CN1C(=O)C2CC2C1=O)c1cc2ccccc2o1. The van der Waals surface area contributed by atoms with Crippen molar-refractivity contribution in [3.63, 3.8) is 0 Å². The van der Waals surface area contributed by atoms with Crippen molar-refractivity contribution in [2.75, 3.05) is 13.6 Å². The van der Waals surface area contributed by atoms with E-state index in [4.69, 9.17) is 4.42 Å². The zero-order valence-electron chi connectivity index (χ0n) is 11.7. The molecule has 108 valence electrons. The summed E-state index contributed by atoms with van der Waals surface area (Å²) in [4.78, 5) is 25.5. The largest absolute Gasteiger partial charge is 0.459 e. The number of imide groups is 1. The lowest BCUT2D eigenvalue weighted by Gasteiger charge is -2.22. The number of likely N-dealkylation sites (N-methyl/N-ethyl adjacent to an activating group) is 1. The van der Waals surface area contributed by atoms with Gasteiger partial charge in [-0.1, -0.05) is 18.2 Å². The van der Waals surface area contributed by atoms with Crippen molar-refractivity contribution in [3.8, 4) is 0 Å². The lowest BCUT2D eigenvalue weighted by atomic mass is 10.2. The molecule has 1 aliphatic heterocycles. The van der Waals surface area contributed by atoms with Crippen molar-refractivity contribution >= 4 is 22.8 Å². The Bertz CT molecular complexity index is 683. The van der Waals surface area contributed by atoms with E-state index in [1.807, 2.05) is 37.4 Å². The third kappa shape index (κ3) is 1.88. The summed E-state index contributed by atoms with van der Waals surface area (Å²) < 4.78 is 5.83. The first-order valence-electron chi connectivity index (χ1n) is 7.20. The van der Waals surface area contributed by atoms with Crippen molar-refractivity contribution in [2.45, 2.75) is 12.5 Å². The second-order valence-corrected chi connectivity index (χ2v) is 5.76. The Hall–Kier alpha value is -2.14. The molecule has 0 radical (unpaired) electrons. The molecule has 1 N–H and O–H groups in total. The zero-order valence-corrected chi connectivity index (χ0v) is 11.7. The second kappa shape index (κ2) is 4.43. The van der Waals surface area contributed by atoms with Gasteiger partial charge in [0.25, 0.3) is 0 Å². The van der Waals surface area contributed by atoms with Crippen molar-refractivity contribution in [1.82, 2.24) is 10.2 Å². The van der Waals surface area contributed by atoms with Crippen LogP contribution in [0.1, 0.15) is 18.2 Å². The predicted octanol–water partition coefficient (Wildman–Crippen LogP) is 1.70. The van der Waals surface area contributed by atoms with Crippen molar-refractivity contribution in [1.29, 1.82) is 0 Å². The van der Waals surface area contributed by atoms with Gasteiger partial charge in [-0.2, -0.15) is 0 Å². The molecule has 3 unspecified atom stereocenters. The highest BCUT2D eigenvalue weighted by molar-refractivity contribution is 6.08. The van der Waals surface area contributed by atoms with Crippen LogP contribution in [0.4, 0.5) is 0 Å². The summed E-state index contributed by atoms with van der Waals surface area (Å²) in [6.45, 7) is 0.334. The van der Waals surface area contributed by atoms with Crippen LogP contribution in [0.3, 0.4) is 0 Å². The van der Waals surface area contributed by atoms with E-state index in [2.05, 4.69) is 5.32 Å². The molecular formula is C16H16N2O3. The minimum Gasteiger partial charge on any atom is -0.459 e. The fraction of sp³-hybridized carbons (Fsp3) is 0.375. The van der Waals surface area contributed by atoms with Crippen molar-refractivity contribution in [2.24, 2.45) is 11.8 Å². The van der Waals surface area contributed by atoms with E-state index in [0.29, 0.717) is 6.54 Å². The number of nitrogens with one attached hydrogen (secondary N) is 1. The maximum Gasteiger partial charge on any atom is 0.233 e. The predicted molar refractivity (Wildman–Crippen MR) is 76.3 cm³/mol. The summed E-state index contributed by atoms with van der Waals surface area (Å²) in [5, 5.41) is 4.16. The summed E-state index contributed by atoms with van der Waals surface area (Å²) in [7, 11) is 1.81. The minimum atomic E-state index is -0.178. The molecule has 5 nitrogen and oxygen atoms in total. The van der Waals surface area contributed by atoms with Gasteiger partial charge in [0.1, 0.15) is 11.3 Å². The summed E-state index contributed by atoms with van der Waals surface area (Å²) in [6.07, 6.45) is 0.739. The normalized spacial score (nSPS) is 25.5. The Balaban J connectivity index is 1.60. The van der Waals surface area contributed by atoms with Gasteiger partial charge in [0, 0.05) is 5.39 Å². The fourth-order valence-corrected chi connectivity index (χ4v) is 3.11. The first-order chi connectivity index (χ1) is 10.2. The number of nitrogens with zero attached hydrogens (tertiary/aromatic N) is 1. The molecule has 5 heteroatoms. The maximum absolute atomic E-state index is 12.1. The number of fused-ring (bicyclic) bond motifs is 2. The highest BCUT2D eigenvalue weighted by Gasteiger charge is 2.58. The highest BCUT2D eigenvalue weighted by Crippen LogP contribution is 2.47. The lowest BCUT2D eigenvalue weighted by Crippen LogP contribution is -2.39. The van der Waals surface area contributed by atoms with Crippen molar-refractivity contribution < 1.29 is 14.0 Å². The van der Waals surface area contributed by atoms with Gasteiger partial charge in [-0.05, 0) is 25.6 Å². The molecule has 4 rings (SSSR count). The van der Waals surface area contributed by atoms with Gasteiger partial charge in [-0.15, -0.1) is 0 Å². The topological polar surface area (TPSA) is 62.6 Å². The number of carbonyl (C=O) groups is 2. The smallest absolute Gasteiger partial charge is 0.233 e. The number of rotatable bonds is 4. The van der Waals surface area contributed by atoms with Crippen molar-refractivity contribution in [3.05, 3.63) is 36.1 Å². The minimum absolute atomic E-state index is 0.0265. The average molecular weight is 284 g/mol. The van der Waals surface area contributed by atoms with Gasteiger partial charge in [0.05, 0.1) is 24.4 Å². The average Bonchev–Trinajstić information content (AvgIpc) is 3.12. The number of carbonyl (C=O) groups excluding carboxylic acids is 2. The van der Waals surface area contributed by atoms with Crippen LogP contribution in [-0.4, -0.2) is 30.3 Å². The number of likely N-dealkylation sites (tertiary alicyclic amines) is 1. The number of para-hydroxylation sites is 1. The number of hydrogen-bond donors (Lipinski definition) is 1. The van der Waals surface area contributed by atoms with Crippen LogP contribution in [0.15, 0.2) is 34.7 Å². The molecule has 1 aromatic carbocycles. The van der Waals surface area contributed by atoms with Crippen LogP contribution in [0.2, 0.25) is 0 Å². The second-order valence-electron chi connectivity index (χ2n) is 5.76. The van der Waals surface area contributed by atoms with Gasteiger partial charge >= 0.3 is 0 Å². The van der Waals surface area contributed by atoms with E-state index in [1.54, 1.807) is 0 Å². The number of hydrogen-bond acceptors (Lipinski definition) is 4. The number of piperidine rings is 1. The molecule has 2 aromatic rings. The fourth-order valence-electron chi connectivity index (χ4n) is 3.11. The first-order valence-corrected chi connectivity index (χ1v) is 7.20. The Morgan fingerprint density at radius 2 is 2.00 bits per heavy atom. The standard InChI is InChI=1S/C16H16N2O3/c1-17-12(8-18-15(19)10-7-11(10)16(18)20)14-6-9-4-2-3-5-13(9)21-14/h2-6,10-12,17H,7-8H2,1H3. The number of furan rings is 1. The van der Waals surface area contributed by atoms with Gasteiger partial charge in [0.15, 0.2) is 0 Å². The molecule has 3 atom stereocenters. The van der Waals surface area contributed by atoms with Gasteiger partial charge in [0.2, 0.25) is 11.8 Å². The Labute approximate surface area is 121 Å². The molecule has 21 heavy (non-hydrogen) atoms. The molecule has 1 saturated heterocycles. The zero-order chi connectivity index (χ0) is 14.6. The lowest BCUT2D eigenvalue weighted by molar-refractivity contribution is -0.141. The maximum atomic E-state index is 12.1. The van der Waals surface area contributed by atoms with Crippen LogP contribution in [0.5, 0.6) is 0 Å². The number of benzene rings is 1. The van der Waals surface area contributed by atoms with Gasteiger partial charge in [-0.3, -0.25) is 14.5 Å². The number of amides is 2. The van der Waals surface area contributed by atoms with Gasteiger partial charge in [-0.25, -0.2) is 0 Å². The van der Waals surface area contributed by atoms with Crippen LogP contribution < -0.4 is 5.32 Å². The monoisotopic (exact) mass is 284 g/mol. The third-order valence-electron chi connectivity index (χ3n) is 4.46. The summed E-state index contributed by atoms with van der Waals surface area (Å²) >= 11 is 0. The summed E-state index contributed by atoms with van der Waals surface area (Å²) in [5.41, 5.74) is 0.815. The van der Waals surface area contributed by atoms with Crippen LogP contribution in [0, 0.1) is 11.8 Å². The molecule has 1 aliphatic carbocycles. The molecule has 0 bridgehead atoms. The Morgan fingerprint density at radius 3 is 2.67 bits per heavy atom. The van der Waals surface area contributed by atoms with Gasteiger partial charge < -0.3 is 9.73 Å². The van der Waals surface area contributed by atoms with E-state index in [-0.39, 0.29) is 29.7 Å². The van der Waals surface area contributed by atoms with E-state index >= 15 is 0 Å². The molecule has 1 aromatic heterocycles. The van der Waals surface area contributed by atoms with Crippen LogP contribution >= 0.6 is 0 Å². The molecule has 2 aliphatic rings. The summed E-state index contributed by atoms with van der Waals surface area (Å²) in [6, 6.07) is 9.55. The molecule has 1 saturated carbocycles. The quantitative estimate of drug-likeness (QED) is 0.868. The van der Waals surface area contributed by atoms with E-state index < -0.39 is 0 Å². The molecule has 2 fully saturated rings. The first kappa shape index (κ1) is 12.6. The molecular weight excluding hydrogens is 268 g/mol. The van der Waals surface area contributed by atoms with E-state index in [9.17, 15) is 9.59 Å². The molecule has 2 amide bonds. The van der Waals surface area contributed by atoms with Crippen LogP contribution in [-0.2, 0) is 9.59 Å². The van der Waals surface area contributed by atoms with Crippen LogP contribution in [0.25, 0.3) is 11.0 Å². The highest BCUT2D eigenvalue weighted by atomic mass is 16.3. The molecule has 2 heterocycles. The summed E-state index contributed by atoms with van der Waals surface area (Å²) in [5.74, 6) is 0.596. The third-order valence-corrected chi connectivity index (χ3v) is 4.46. The van der Waals surface area contributed by atoms with E-state index in [1.165, 1.54) is 4.90 Å².